The molecule has 0 aromatic heterocycles. The lowest BCUT2D eigenvalue weighted by molar-refractivity contribution is -0.120. The van der Waals surface area contributed by atoms with Crippen molar-refractivity contribution in [3.05, 3.63) is 11.6 Å². The topological polar surface area (TPSA) is 96.5 Å². The summed E-state index contributed by atoms with van der Waals surface area (Å²) in [5.41, 5.74) is 0.590. The molecule has 1 aliphatic carbocycles. The molecule has 25 heavy (non-hydrogen) atoms. The predicted molar refractivity (Wildman–Crippen MR) is 96.0 cm³/mol. The third-order valence-electron chi connectivity index (χ3n) is 3.58. The molecule has 142 valence electrons. The number of hydrogen-bond acceptors (Lipinski definition) is 4. The molecule has 0 aliphatic heterocycles. The highest BCUT2D eigenvalue weighted by Gasteiger charge is 2.23. The van der Waals surface area contributed by atoms with E-state index in [2.05, 4.69) is 16.0 Å². The lowest BCUT2D eigenvalue weighted by Gasteiger charge is -2.19. The predicted octanol–water partition coefficient (Wildman–Crippen LogP) is 1.88. The average molecular weight is 353 g/mol. The molecule has 1 fully saturated rings. The van der Waals surface area contributed by atoms with Crippen molar-refractivity contribution in [1.29, 1.82) is 0 Å². The molecule has 7 nitrogen and oxygen atoms in total. The van der Waals surface area contributed by atoms with Crippen LogP contribution in [0.4, 0.5) is 4.79 Å². The number of hydrogen-bond donors (Lipinski definition) is 3. The second-order valence-corrected chi connectivity index (χ2v) is 7.34. The van der Waals surface area contributed by atoms with E-state index in [-0.39, 0.29) is 24.8 Å². The van der Waals surface area contributed by atoms with E-state index in [9.17, 15) is 14.4 Å². The van der Waals surface area contributed by atoms with Gasteiger partial charge in [0.25, 0.3) is 0 Å². The van der Waals surface area contributed by atoms with E-state index < -0.39 is 11.7 Å². The normalized spacial score (nSPS) is 14.6. The monoisotopic (exact) mass is 353 g/mol. The van der Waals surface area contributed by atoms with Crippen LogP contribution >= 0.6 is 0 Å². The molecule has 0 heterocycles. The molecule has 0 saturated heterocycles. The summed E-state index contributed by atoms with van der Waals surface area (Å²) in [7, 11) is 0. The molecule has 1 saturated carbocycles. The van der Waals surface area contributed by atoms with Crippen molar-refractivity contribution < 1.29 is 19.1 Å². The van der Waals surface area contributed by atoms with Gasteiger partial charge in [0.2, 0.25) is 11.8 Å². The van der Waals surface area contributed by atoms with Crippen LogP contribution in [0, 0.1) is 5.92 Å². The van der Waals surface area contributed by atoms with E-state index >= 15 is 0 Å². The van der Waals surface area contributed by atoms with Gasteiger partial charge in [0.05, 0.1) is 0 Å². The van der Waals surface area contributed by atoms with Crippen molar-refractivity contribution in [2.24, 2.45) is 5.92 Å². The van der Waals surface area contributed by atoms with Crippen molar-refractivity contribution >= 4 is 17.9 Å². The second kappa shape index (κ2) is 10.1. The van der Waals surface area contributed by atoms with E-state index in [1.807, 2.05) is 6.92 Å². The minimum Gasteiger partial charge on any atom is -0.444 e. The summed E-state index contributed by atoms with van der Waals surface area (Å²) in [5.74, 6) is 0.378. The number of ether oxygens (including phenoxy) is 1. The molecule has 0 bridgehead atoms. The maximum Gasteiger partial charge on any atom is 0.407 e. The standard InChI is InChI=1S/C18H31N3O4/c1-13(14-6-7-14)12-16(23)20-10-5-9-19-15(22)8-11-21-17(24)25-18(2,3)4/h12,14H,5-11H2,1-4H3,(H,19,22)(H,20,23)(H,21,24)/b13-12+. The van der Waals surface area contributed by atoms with E-state index in [1.54, 1.807) is 26.8 Å². The summed E-state index contributed by atoms with van der Waals surface area (Å²) in [4.78, 5) is 34.7. The molecular weight excluding hydrogens is 322 g/mol. The molecule has 0 atom stereocenters. The highest BCUT2D eigenvalue weighted by atomic mass is 16.6. The number of carbonyl (C=O) groups excluding carboxylic acids is 3. The Kier molecular flexibility index (Phi) is 8.45. The Hall–Kier alpha value is -2.05. The molecule has 0 radical (unpaired) electrons. The molecule has 3 amide bonds. The fourth-order valence-corrected chi connectivity index (χ4v) is 2.12. The van der Waals surface area contributed by atoms with Gasteiger partial charge in [-0.2, -0.15) is 0 Å². The first-order valence-corrected chi connectivity index (χ1v) is 8.87. The molecule has 0 unspecified atom stereocenters. The number of nitrogens with one attached hydrogen (secondary N) is 3. The van der Waals surface area contributed by atoms with E-state index in [0.29, 0.717) is 25.4 Å². The first-order valence-electron chi connectivity index (χ1n) is 8.87. The fourth-order valence-electron chi connectivity index (χ4n) is 2.12. The van der Waals surface area contributed by atoms with Crippen molar-refractivity contribution in [2.75, 3.05) is 19.6 Å². The van der Waals surface area contributed by atoms with Crippen LogP contribution in [0.2, 0.25) is 0 Å². The molecule has 1 rings (SSSR count). The summed E-state index contributed by atoms with van der Waals surface area (Å²) < 4.78 is 5.07. The van der Waals surface area contributed by atoms with Gasteiger partial charge in [0.15, 0.2) is 0 Å². The van der Waals surface area contributed by atoms with Gasteiger partial charge in [0.1, 0.15) is 5.60 Å². The van der Waals surface area contributed by atoms with E-state index in [4.69, 9.17) is 4.74 Å². The van der Waals surface area contributed by atoms with Crippen LogP contribution in [-0.2, 0) is 14.3 Å². The summed E-state index contributed by atoms with van der Waals surface area (Å²) in [6.07, 6.45) is 4.35. The number of rotatable bonds is 9. The molecule has 0 spiro atoms. The third-order valence-corrected chi connectivity index (χ3v) is 3.58. The van der Waals surface area contributed by atoms with Gasteiger partial charge >= 0.3 is 6.09 Å². The van der Waals surface area contributed by atoms with Gasteiger partial charge < -0.3 is 20.7 Å². The molecule has 1 aliphatic rings. The number of allylic oxidation sites excluding steroid dienone is 1. The van der Waals surface area contributed by atoms with Crippen LogP contribution in [0.1, 0.15) is 53.4 Å². The summed E-state index contributed by atoms with van der Waals surface area (Å²) in [6.45, 7) is 8.55. The van der Waals surface area contributed by atoms with Crippen molar-refractivity contribution in [3.8, 4) is 0 Å². The Morgan fingerprint density at radius 2 is 1.68 bits per heavy atom. The SMILES string of the molecule is C/C(=C\C(=O)NCCCNC(=O)CCNC(=O)OC(C)(C)C)C1CC1. The van der Waals surface area contributed by atoms with Crippen molar-refractivity contribution in [1.82, 2.24) is 16.0 Å². The van der Waals surface area contributed by atoms with Gasteiger partial charge in [0, 0.05) is 32.1 Å². The van der Waals surface area contributed by atoms with Gasteiger partial charge in [-0.05, 0) is 52.9 Å². The third kappa shape index (κ3) is 11.2. The fraction of sp³-hybridized carbons (Fsp3) is 0.722. The molecule has 7 heteroatoms. The van der Waals surface area contributed by atoms with Crippen molar-refractivity contribution in [3.63, 3.8) is 0 Å². The minimum atomic E-state index is -0.552. The average Bonchev–Trinajstić information content (AvgIpc) is 3.29. The Labute approximate surface area is 149 Å². The highest BCUT2D eigenvalue weighted by Crippen LogP contribution is 2.35. The number of carbonyl (C=O) groups is 3. The lowest BCUT2D eigenvalue weighted by Crippen LogP contribution is -2.35. The smallest absolute Gasteiger partial charge is 0.407 e. The van der Waals surface area contributed by atoms with Gasteiger partial charge in [-0.25, -0.2) is 4.79 Å². The van der Waals surface area contributed by atoms with E-state index in [0.717, 1.165) is 5.57 Å². The summed E-state index contributed by atoms with van der Waals surface area (Å²) in [6, 6.07) is 0. The Morgan fingerprint density at radius 3 is 2.28 bits per heavy atom. The zero-order chi connectivity index (χ0) is 18.9. The first-order chi connectivity index (χ1) is 11.7. The maximum atomic E-state index is 11.7. The molecule has 3 N–H and O–H groups in total. The van der Waals surface area contributed by atoms with Gasteiger partial charge in [-0.15, -0.1) is 0 Å². The minimum absolute atomic E-state index is 0.0720. The lowest BCUT2D eigenvalue weighted by atomic mass is 10.2. The molecule has 0 aromatic carbocycles. The maximum absolute atomic E-state index is 11.7. The molecule has 0 aromatic rings. The van der Waals surface area contributed by atoms with Crippen LogP contribution in [0.3, 0.4) is 0 Å². The second-order valence-electron chi connectivity index (χ2n) is 7.34. The van der Waals surface area contributed by atoms with Gasteiger partial charge in [-0.1, -0.05) is 5.57 Å². The first kappa shape index (κ1) is 21.0. The summed E-state index contributed by atoms with van der Waals surface area (Å²) in [5, 5.41) is 8.09. The Bertz CT molecular complexity index is 505. The number of amides is 3. The summed E-state index contributed by atoms with van der Waals surface area (Å²) >= 11 is 0. The Morgan fingerprint density at radius 1 is 1.04 bits per heavy atom. The van der Waals surface area contributed by atoms with Crippen LogP contribution in [0.5, 0.6) is 0 Å². The quantitative estimate of drug-likeness (QED) is 0.435. The zero-order valence-electron chi connectivity index (χ0n) is 15.7. The largest absolute Gasteiger partial charge is 0.444 e. The van der Waals surface area contributed by atoms with Crippen LogP contribution in [-0.4, -0.2) is 43.1 Å². The van der Waals surface area contributed by atoms with E-state index in [1.165, 1.54) is 12.8 Å². The van der Waals surface area contributed by atoms with Gasteiger partial charge in [-0.3, -0.25) is 9.59 Å². The molecular formula is C18H31N3O4. The van der Waals surface area contributed by atoms with Crippen LogP contribution in [0.15, 0.2) is 11.6 Å². The zero-order valence-corrected chi connectivity index (χ0v) is 15.7. The van der Waals surface area contributed by atoms with Crippen molar-refractivity contribution in [2.45, 2.75) is 59.0 Å². The van der Waals surface area contributed by atoms with Crippen LogP contribution in [0.25, 0.3) is 0 Å². The Balaban J connectivity index is 2.00. The highest BCUT2D eigenvalue weighted by molar-refractivity contribution is 5.88. The number of alkyl carbamates (subject to hydrolysis) is 1. The van der Waals surface area contributed by atoms with Crippen LogP contribution < -0.4 is 16.0 Å².